The molecule has 0 bridgehead atoms. The van der Waals surface area contributed by atoms with Gasteiger partial charge in [0.25, 0.3) is 0 Å². The number of hydrogen-bond acceptors (Lipinski definition) is 3. The summed E-state index contributed by atoms with van der Waals surface area (Å²) in [6, 6.07) is 4.43. The predicted octanol–water partition coefficient (Wildman–Crippen LogP) is 1.76. The first kappa shape index (κ1) is 14.0. The van der Waals surface area contributed by atoms with Gasteiger partial charge in [-0.05, 0) is 25.1 Å². The van der Waals surface area contributed by atoms with Crippen LogP contribution in [-0.2, 0) is 10.2 Å². The summed E-state index contributed by atoms with van der Waals surface area (Å²) >= 11 is 5.85. The van der Waals surface area contributed by atoms with Gasteiger partial charge in [-0.15, -0.1) is 0 Å². The maximum Gasteiger partial charge on any atom is 0.301 e. The molecule has 0 fully saturated rings. The van der Waals surface area contributed by atoms with E-state index in [-0.39, 0.29) is 16.5 Å². The zero-order valence-electron chi connectivity index (χ0n) is 9.69. The van der Waals surface area contributed by atoms with E-state index in [1.54, 1.807) is 0 Å². The van der Waals surface area contributed by atoms with Gasteiger partial charge < -0.3 is 0 Å². The fourth-order valence-corrected chi connectivity index (χ4v) is 1.90. The Morgan fingerprint density at radius 2 is 1.94 bits per heavy atom. The molecule has 17 heavy (non-hydrogen) atoms. The Kier molecular flexibility index (Phi) is 4.13. The van der Waals surface area contributed by atoms with Crippen LogP contribution in [0.2, 0.25) is 5.02 Å². The SMILES string of the molecule is CC(=O)c1ccc(Cl)c(NS(=O)(=O)N(C)C)c1. The lowest BCUT2D eigenvalue weighted by Gasteiger charge is -2.14. The van der Waals surface area contributed by atoms with E-state index < -0.39 is 10.2 Å². The molecule has 0 aromatic heterocycles. The van der Waals surface area contributed by atoms with Crippen LogP contribution >= 0.6 is 11.6 Å². The van der Waals surface area contributed by atoms with Crippen LogP contribution in [0.4, 0.5) is 5.69 Å². The van der Waals surface area contributed by atoms with Gasteiger partial charge in [0.05, 0.1) is 10.7 Å². The third-order valence-electron chi connectivity index (χ3n) is 2.09. The molecule has 1 rings (SSSR count). The van der Waals surface area contributed by atoms with Crippen LogP contribution in [0.15, 0.2) is 18.2 Å². The highest BCUT2D eigenvalue weighted by Crippen LogP contribution is 2.24. The van der Waals surface area contributed by atoms with Crippen molar-refractivity contribution in [3.8, 4) is 0 Å². The maximum absolute atomic E-state index is 11.6. The Bertz CT molecular complexity index is 540. The highest BCUT2D eigenvalue weighted by Gasteiger charge is 2.15. The lowest BCUT2D eigenvalue weighted by Crippen LogP contribution is -2.29. The summed E-state index contributed by atoms with van der Waals surface area (Å²) in [5, 5.41) is 0.237. The van der Waals surface area contributed by atoms with E-state index in [0.717, 1.165) is 4.31 Å². The number of nitrogens with one attached hydrogen (secondary N) is 1. The smallest absolute Gasteiger partial charge is 0.295 e. The number of benzene rings is 1. The third kappa shape index (κ3) is 3.42. The van der Waals surface area contributed by atoms with Crippen LogP contribution in [0.1, 0.15) is 17.3 Å². The van der Waals surface area contributed by atoms with E-state index in [2.05, 4.69) is 4.72 Å². The molecular formula is C10H13ClN2O3S. The van der Waals surface area contributed by atoms with Crippen molar-refractivity contribution in [1.29, 1.82) is 0 Å². The van der Waals surface area contributed by atoms with E-state index >= 15 is 0 Å². The second kappa shape index (κ2) is 5.03. The van der Waals surface area contributed by atoms with Gasteiger partial charge in [0.2, 0.25) is 0 Å². The van der Waals surface area contributed by atoms with Crippen molar-refractivity contribution in [1.82, 2.24) is 4.31 Å². The minimum absolute atomic E-state index is 0.160. The van der Waals surface area contributed by atoms with Gasteiger partial charge in [0, 0.05) is 19.7 Å². The quantitative estimate of drug-likeness (QED) is 0.852. The highest BCUT2D eigenvalue weighted by molar-refractivity contribution is 7.90. The summed E-state index contributed by atoms with van der Waals surface area (Å²) in [7, 11) is -0.841. The molecule has 0 heterocycles. The van der Waals surface area contributed by atoms with Gasteiger partial charge in [-0.3, -0.25) is 9.52 Å². The van der Waals surface area contributed by atoms with Gasteiger partial charge in [-0.1, -0.05) is 11.6 Å². The van der Waals surface area contributed by atoms with Crippen LogP contribution in [0.25, 0.3) is 0 Å². The number of hydrogen-bond donors (Lipinski definition) is 1. The summed E-state index contributed by atoms with van der Waals surface area (Å²) in [5.74, 6) is -0.160. The van der Waals surface area contributed by atoms with Crippen LogP contribution < -0.4 is 4.72 Å². The standard InChI is InChI=1S/C10H13ClN2O3S/c1-7(14)8-4-5-9(11)10(6-8)12-17(15,16)13(2)3/h4-6,12H,1-3H3. The molecule has 0 amide bonds. The van der Waals surface area contributed by atoms with Gasteiger partial charge >= 0.3 is 10.2 Å². The molecule has 94 valence electrons. The molecule has 0 saturated carbocycles. The molecular weight excluding hydrogens is 264 g/mol. The highest BCUT2D eigenvalue weighted by atomic mass is 35.5. The van der Waals surface area contributed by atoms with Crippen molar-refractivity contribution in [3.63, 3.8) is 0 Å². The van der Waals surface area contributed by atoms with Crippen molar-refractivity contribution in [2.45, 2.75) is 6.92 Å². The average molecular weight is 277 g/mol. The minimum Gasteiger partial charge on any atom is -0.295 e. The molecule has 1 aromatic rings. The fourth-order valence-electron chi connectivity index (χ4n) is 1.05. The topological polar surface area (TPSA) is 66.5 Å². The molecule has 0 atom stereocenters. The Balaban J connectivity index is 3.15. The van der Waals surface area contributed by atoms with E-state index in [4.69, 9.17) is 11.6 Å². The molecule has 1 aromatic carbocycles. The van der Waals surface area contributed by atoms with Crippen molar-refractivity contribution < 1.29 is 13.2 Å². The number of ketones is 1. The Hall–Kier alpha value is -1.11. The van der Waals surface area contributed by atoms with Crippen LogP contribution in [0.5, 0.6) is 0 Å². The minimum atomic E-state index is -3.63. The maximum atomic E-state index is 11.6. The molecule has 0 aliphatic carbocycles. The van der Waals surface area contributed by atoms with Crippen LogP contribution in [-0.4, -0.2) is 32.6 Å². The Labute approximate surface area is 106 Å². The van der Waals surface area contributed by atoms with Gasteiger partial charge in [-0.2, -0.15) is 12.7 Å². The summed E-state index contributed by atoms with van der Waals surface area (Å²) in [6.07, 6.45) is 0. The summed E-state index contributed by atoms with van der Waals surface area (Å²) in [6.45, 7) is 1.40. The lowest BCUT2D eigenvalue weighted by atomic mass is 10.1. The molecule has 7 heteroatoms. The van der Waals surface area contributed by atoms with Crippen molar-refractivity contribution in [2.75, 3.05) is 18.8 Å². The molecule has 0 aliphatic heterocycles. The number of Topliss-reactive ketones (excluding diaryl/α,β-unsaturated/α-hetero) is 1. The normalized spacial score (nSPS) is 11.6. The van der Waals surface area contributed by atoms with Crippen molar-refractivity contribution >= 4 is 33.3 Å². The van der Waals surface area contributed by atoms with E-state index in [9.17, 15) is 13.2 Å². The molecule has 1 N–H and O–H groups in total. The van der Waals surface area contributed by atoms with Crippen LogP contribution in [0, 0.1) is 0 Å². The second-order valence-corrected chi connectivity index (χ2v) is 5.93. The third-order valence-corrected chi connectivity index (χ3v) is 3.86. The van der Waals surface area contributed by atoms with E-state index in [0.29, 0.717) is 5.56 Å². The zero-order valence-corrected chi connectivity index (χ0v) is 11.3. The zero-order chi connectivity index (χ0) is 13.2. The largest absolute Gasteiger partial charge is 0.301 e. The monoisotopic (exact) mass is 276 g/mol. The molecule has 0 saturated heterocycles. The summed E-state index contributed by atoms with van der Waals surface area (Å²) < 4.78 is 26.5. The van der Waals surface area contributed by atoms with Crippen molar-refractivity contribution in [3.05, 3.63) is 28.8 Å². The molecule has 0 radical (unpaired) electrons. The first-order valence-corrected chi connectivity index (χ1v) is 6.56. The van der Waals surface area contributed by atoms with E-state index in [1.807, 2.05) is 0 Å². The van der Waals surface area contributed by atoms with Gasteiger partial charge in [0.15, 0.2) is 5.78 Å². The molecule has 5 nitrogen and oxygen atoms in total. The first-order chi connectivity index (χ1) is 7.74. The lowest BCUT2D eigenvalue weighted by molar-refractivity contribution is 0.101. The first-order valence-electron chi connectivity index (χ1n) is 4.75. The number of carbonyl (C=O) groups is 1. The van der Waals surface area contributed by atoms with E-state index in [1.165, 1.54) is 39.2 Å². The number of halogens is 1. The number of carbonyl (C=O) groups excluding carboxylic acids is 1. The molecule has 0 unspecified atom stereocenters. The fraction of sp³-hybridized carbons (Fsp3) is 0.300. The predicted molar refractivity (Wildman–Crippen MR) is 67.7 cm³/mol. The van der Waals surface area contributed by atoms with Gasteiger partial charge in [-0.25, -0.2) is 0 Å². The average Bonchev–Trinajstić information content (AvgIpc) is 2.20. The number of rotatable bonds is 4. The molecule has 0 spiro atoms. The van der Waals surface area contributed by atoms with Crippen LogP contribution in [0.3, 0.4) is 0 Å². The summed E-state index contributed by atoms with van der Waals surface area (Å²) in [4.78, 5) is 11.2. The second-order valence-electron chi connectivity index (χ2n) is 3.64. The Morgan fingerprint density at radius 1 is 1.35 bits per heavy atom. The van der Waals surface area contributed by atoms with Crippen molar-refractivity contribution in [2.24, 2.45) is 0 Å². The van der Waals surface area contributed by atoms with Gasteiger partial charge in [0.1, 0.15) is 0 Å². The summed E-state index contributed by atoms with van der Waals surface area (Å²) in [5.41, 5.74) is 0.582. The molecule has 0 aliphatic rings. The number of anilines is 1. The Morgan fingerprint density at radius 3 is 2.41 bits per heavy atom. The number of nitrogens with zero attached hydrogens (tertiary/aromatic N) is 1.